The molecule has 0 saturated heterocycles. The van der Waals surface area contributed by atoms with E-state index in [0.29, 0.717) is 11.3 Å². The third-order valence-corrected chi connectivity index (χ3v) is 2.61. The van der Waals surface area contributed by atoms with E-state index in [0.717, 1.165) is 0 Å². The quantitative estimate of drug-likeness (QED) is 0.876. The highest BCUT2D eigenvalue weighted by molar-refractivity contribution is 9.10. The van der Waals surface area contributed by atoms with Crippen LogP contribution >= 0.6 is 15.9 Å². The summed E-state index contributed by atoms with van der Waals surface area (Å²) in [5.41, 5.74) is 5.62. The van der Waals surface area contributed by atoms with Gasteiger partial charge in [-0.05, 0) is 27.6 Å². The summed E-state index contributed by atoms with van der Waals surface area (Å²) < 4.78 is 25.0. The van der Waals surface area contributed by atoms with Gasteiger partial charge in [0.1, 0.15) is 5.69 Å². The third kappa shape index (κ3) is 2.26. The van der Waals surface area contributed by atoms with Gasteiger partial charge in [-0.3, -0.25) is 0 Å². The molecule has 0 bridgehead atoms. The lowest BCUT2D eigenvalue weighted by molar-refractivity contribution is 0.144. The van der Waals surface area contributed by atoms with Gasteiger partial charge in [-0.2, -0.15) is 0 Å². The van der Waals surface area contributed by atoms with Crippen LogP contribution in [0.25, 0.3) is 0 Å². The van der Waals surface area contributed by atoms with E-state index in [1.165, 1.54) is 6.07 Å². The van der Waals surface area contributed by atoms with Crippen molar-refractivity contribution < 1.29 is 13.9 Å². The van der Waals surface area contributed by atoms with Crippen LogP contribution in [0.2, 0.25) is 0 Å². The maximum atomic E-state index is 12.4. The first kappa shape index (κ1) is 11.5. The monoisotopic (exact) mass is 266 g/mol. The Morgan fingerprint density at radius 3 is 2.64 bits per heavy atom. The molecule has 0 radical (unpaired) electrons. The third-order valence-electron chi connectivity index (χ3n) is 1.70. The smallest absolute Gasteiger partial charge is 0.281 e. The Balaban J connectivity index is 3.27. The average Bonchev–Trinajstić information content (AvgIpc) is 2.17. The zero-order valence-electron chi connectivity index (χ0n) is 7.17. The van der Waals surface area contributed by atoms with Crippen LogP contribution in [0.5, 0.6) is 0 Å². The molecule has 0 aliphatic rings. The van der Waals surface area contributed by atoms with Gasteiger partial charge in [0.25, 0.3) is 6.43 Å². The molecule has 1 rings (SSSR count). The molecule has 0 amide bonds. The predicted octanol–water partition coefficient (Wildman–Crippen LogP) is 1.73. The number of aliphatic hydroxyl groups is 1. The molecular formula is C8H9BrF2N2O. The van der Waals surface area contributed by atoms with Gasteiger partial charge in [0.15, 0.2) is 0 Å². The average molecular weight is 267 g/mol. The van der Waals surface area contributed by atoms with E-state index >= 15 is 0 Å². The molecule has 0 atom stereocenters. The predicted molar refractivity (Wildman–Crippen MR) is 50.7 cm³/mol. The highest BCUT2D eigenvalue weighted by Gasteiger charge is 2.17. The van der Waals surface area contributed by atoms with Crippen LogP contribution < -0.4 is 5.73 Å². The number of halogens is 3. The van der Waals surface area contributed by atoms with Gasteiger partial charge in [-0.1, -0.05) is 0 Å². The zero-order chi connectivity index (χ0) is 10.7. The molecule has 14 heavy (non-hydrogen) atoms. The van der Waals surface area contributed by atoms with Crippen LogP contribution in [0.15, 0.2) is 10.5 Å². The van der Waals surface area contributed by atoms with E-state index in [2.05, 4.69) is 20.9 Å². The molecule has 1 aromatic heterocycles. The van der Waals surface area contributed by atoms with Gasteiger partial charge >= 0.3 is 0 Å². The Morgan fingerprint density at radius 2 is 2.21 bits per heavy atom. The van der Waals surface area contributed by atoms with Gasteiger partial charge in [0, 0.05) is 6.54 Å². The Morgan fingerprint density at radius 1 is 1.57 bits per heavy atom. The SMILES string of the molecule is NCc1cc(CO)c(Br)c(C(F)F)n1. The van der Waals surface area contributed by atoms with Crippen LogP contribution in [0.1, 0.15) is 23.4 Å². The summed E-state index contributed by atoms with van der Waals surface area (Å²) in [6, 6.07) is 1.50. The molecule has 0 saturated carbocycles. The minimum Gasteiger partial charge on any atom is -0.392 e. The second-order valence-electron chi connectivity index (χ2n) is 2.63. The van der Waals surface area contributed by atoms with Gasteiger partial charge < -0.3 is 10.8 Å². The van der Waals surface area contributed by atoms with Crippen molar-refractivity contribution in [3.05, 3.63) is 27.5 Å². The molecule has 78 valence electrons. The fraction of sp³-hybridized carbons (Fsp3) is 0.375. The molecule has 1 heterocycles. The van der Waals surface area contributed by atoms with E-state index in [-0.39, 0.29) is 23.3 Å². The maximum absolute atomic E-state index is 12.4. The number of hydrogen-bond donors (Lipinski definition) is 2. The molecule has 0 aromatic carbocycles. The van der Waals surface area contributed by atoms with E-state index < -0.39 is 6.43 Å². The summed E-state index contributed by atoms with van der Waals surface area (Å²) in [6.45, 7) is -0.254. The lowest BCUT2D eigenvalue weighted by atomic mass is 10.2. The van der Waals surface area contributed by atoms with Crippen LogP contribution in [0.4, 0.5) is 8.78 Å². The van der Waals surface area contributed by atoms with Crippen molar-refractivity contribution in [2.24, 2.45) is 5.73 Å². The normalized spacial score (nSPS) is 11.0. The van der Waals surface area contributed by atoms with Crippen molar-refractivity contribution in [3.8, 4) is 0 Å². The Kier molecular flexibility index (Phi) is 3.91. The standard InChI is InChI=1S/C8H9BrF2N2O/c9-6-4(3-14)1-5(2-12)13-7(6)8(10)11/h1,8,14H,2-3,12H2. The molecule has 0 aliphatic heterocycles. The molecule has 6 heteroatoms. The van der Waals surface area contributed by atoms with Crippen LogP contribution in [0.3, 0.4) is 0 Å². The van der Waals surface area contributed by atoms with E-state index in [1.54, 1.807) is 0 Å². The number of nitrogens with two attached hydrogens (primary N) is 1. The molecule has 3 N–H and O–H groups in total. The molecule has 0 aliphatic carbocycles. The highest BCUT2D eigenvalue weighted by Crippen LogP contribution is 2.29. The number of aromatic nitrogens is 1. The molecule has 0 unspecified atom stereocenters. The fourth-order valence-corrected chi connectivity index (χ4v) is 1.53. The van der Waals surface area contributed by atoms with Crippen LogP contribution in [0, 0.1) is 0 Å². The van der Waals surface area contributed by atoms with E-state index in [4.69, 9.17) is 10.8 Å². The number of rotatable bonds is 3. The number of hydrogen-bond acceptors (Lipinski definition) is 3. The van der Waals surface area contributed by atoms with Crippen molar-refractivity contribution in [1.29, 1.82) is 0 Å². The van der Waals surface area contributed by atoms with E-state index in [9.17, 15) is 8.78 Å². The van der Waals surface area contributed by atoms with Crippen molar-refractivity contribution in [1.82, 2.24) is 4.98 Å². The fourth-order valence-electron chi connectivity index (χ4n) is 1.03. The van der Waals surface area contributed by atoms with Crippen molar-refractivity contribution in [2.45, 2.75) is 19.6 Å². The summed E-state index contributed by atoms with van der Waals surface area (Å²) in [7, 11) is 0. The number of aliphatic hydroxyl groups excluding tert-OH is 1. The molecule has 0 spiro atoms. The lowest BCUT2D eigenvalue weighted by Crippen LogP contribution is -2.06. The summed E-state index contributed by atoms with van der Waals surface area (Å²) in [6.07, 6.45) is -2.68. The van der Waals surface area contributed by atoms with Gasteiger partial charge in [0.05, 0.1) is 16.8 Å². The first-order valence-corrected chi connectivity index (χ1v) is 4.66. The molecule has 0 fully saturated rings. The molecular weight excluding hydrogens is 258 g/mol. The molecule has 3 nitrogen and oxygen atoms in total. The maximum Gasteiger partial charge on any atom is 0.281 e. The van der Waals surface area contributed by atoms with Crippen LogP contribution in [-0.4, -0.2) is 10.1 Å². The number of pyridine rings is 1. The Labute approximate surface area is 88.1 Å². The second kappa shape index (κ2) is 4.77. The van der Waals surface area contributed by atoms with Crippen molar-refractivity contribution in [3.63, 3.8) is 0 Å². The van der Waals surface area contributed by atoms with Crippen LogP contribution in [-0.2, 0) is 13.2 Å². The zero-order valence-corrected chi connectivity index (χ0v) is 8.76. The highest BCUT2D eigenvalue weighted by atomic mass is 79.9. The topological polar surface area (TPSA) is 59.1 Å². The molecule has 1 aromatic rings. The summed E-state index contributed by atoms with van der Waals surface area (Å²) in [5, 5.41) is 8.90. The first-order chi connectivity index (χ1) is 6.60. The van der Waals surface area contributed by atoms with Crippen molar-refractivity contribution in [2.75, 3.05) is 0 Å². The van der Waals surface area contributed by atoms with Gasteiger partial charge in [-0.25, -0.2) is 13.8 Å². The summed E-state index contributed by atoms with van der Waals surface area (Å²) in [4.78, 5) is 3.67. The van der Waals surface area contributed by atoms with Gasteiger partial charge in [-0.15, -0.1) is 0 Å². The Bertz CT molecular complexity index is 333. The second-order valence-corrected chi connectivity index (χ2v) is 3.43. The minimum atomic E-state index is -2.68. The Hall–Kier alpha value is -0.590. The summed E-state index contributed by atoms with van der Waals surface area (Å²) in [5.74, 6) is 0. The van der Waals surface area contributed by atoms with E-state index in [1.807, 2.05) is 0 Å². The lowest BCUT2D eigenvalue weighted by Gasteiger charge is -2.09. The largest absolute Gasteiger partial charge is 0.392 e. The van der Waals surface area contributed by atoms with Gasteiger partial charge in [0.2, 0.25) is 0 Å². The number of alkyl halides is 2. The van der Waals surface area contributed by atoms with Crippen molar-refractivity contribution >= 4 is 15.9 Å². The number of nitrogens with zero attached hydrogens (tertiary/aromatic N) is 1. The first-order valence-electron chi connectivity index (χ1n) is 3.87. The minimum absolute atomic E-state index is 0.0694. The summed E-state index contributed by atoms with van der Waals surface area (Å²) >= 11 is 2.96.